The van der Waals surface area contributed by atoms with Gasteiger partial charge in [-0.1, -0.05) is 19.1 Å². The van der Waals surface area contributed by atoms with Crippen molar-refractivity contribution < 1.29 is 0 Å². The first-order chi connectivity index (χ1) is 10.2. The lowest BCUT2D eigenvalue weighted by molar-refractivity contribution is 0.247. The molecule has 4 heteroatoms. The van der Waals surface area contributed by atoms with Gasteiger partial charge in [0.2, 0.25) is 0 Å². The SMILES string of the molecule is CCC(N)Cn1c(C(C)N2CCCC2)nc2ccccc21. The van der Waals surface area contributed by atoms with Crippen molar-refractivity contribution in [3.63, 3.8) is 0 Å². The first-order valence-electron chi connectivity index (χ1n) is 8.15. The molecule has 2 aromatic rings. The monoisotopic (exact) mass is 286 g/mol. The van der Waals surface area contributed by atoms with Gasteiger partial charge in [0.1, 0.15) is 5.82 Å². The molecule has 2 N–H and O–H groups in total. The fraction of sp³-hybridized carbons (Fsp3) is 0.588. The Hall–Kier alpha value is -1.39. The van der Waals surface area contributed by atoms with Crippen LogP contribution in [0.1, 0.15) is 45.0 Å². The van der Waals surface area contributed by atoms with E-state index in [2.05, 4.69) is 47.6 Å². The molecule has 1 aliphatic rings. The Morgan fingerprint density at radius 1 is 1.24 bits per heavy atom. The molecule has 0 saturated carbocycles. The number of nitrogens with zero attached hydrogens (tertiary/aromatic N) is 3. The molecule has 2 heterocycles. The smallest absolute Gasteiger partial charge is 0.127 e. The lowest BCUT2D eigenvalue weighted by Crippen LogP contribution is -2.30. The van der Waals surface area contributed by atoms with E-state index in [0.29, 0.717) is 6.04 Å². The number of aromatic nitrogens is 2. The van der Waals surface area contributed by atoms with Crippen LogP contribution in [0.3, 0.4) is 0 Å². The first-order valence-corrected chi connectivity index (χ1v) is 8.15. The zero-order valence-corrected chi connectivity index (χ0v) is 13.1. The molecular formula is C17H26N4. The largest absolute Gasteiger partial charge is 0.326 e. The van der Waals surface area contributed by atoms with Gasteiger partial charge in [0, 0.05) is 12.6 Å². The molecule has 3 rings (SSSR count). The third-order valence-corrected chi connectivity index (χ3v) is 4.69. The van der Waals surface area contributed by atoms with Crippen molar-refractivity contribution in [2.24, 2.45) is 5.73 Å². The highest BCUT2D eigenvalue weighted by Crippen LogP contribution is 2.27. The summed E-state index contributed by atoms with van der Waals surface area (Å²) in [5, 5.41) is 0. The highest BCUT2D eigenvalue weighted by Gasteiger charge is 2.25. The van der Waals surface area contributed by atoms with E-state index in [4.69, 9.17) is 10.7 Å². The molecule has 114 valence electrons. The second-order valence-electron chi connectivity index (χ2n) is 6.16. The molecule has 0 bridgehead atoms. The van der Waals surface area contributed by atoms with Gasteiger partial charge >= 0.3 is 0 Å². The highest BCUT2D eigenvalue weighted by atomic mass is 15.2. The maximum Gasteiger partial charge on any atom is 0.127 e. The summed E-state index contributed by atoms with van der Waals surface area (Å²) in [4.78, 5) is 7.45. The topological polar surface area (TPSA) is 47.1 Å². The van der Waals surface area contributed by atoms with Crippen LogP contribution in [0, 0.1) is 0 Å². The number of rotatable bonds is 5. The number of imidazole rings is 1. The summed E-state index contributed by atoms with van der Waals surface area (Å²) >= 11 is 0. The number of para-hydroxylation sites is 2. The van der Waals surface area contributed by atoms with Crippen molar-refractivity contribution in [1.29, 1.82) is 0 Å². The Kier molecular flexibility index (Phi) is 4.27. The molecule has 2 atom stereocenters. The standard InChI is InChI=1S/C17H26N4/c1-3-14(18)12-21-16-9-5-4-8-15(16)19-17(21)13(2)20-10-6-7-11-20/h4-5,8-9,13-14H,3,6-7,10-12,18H2,1-2H3. The average molecular weight is 286 g/mol. The molecule has 0 amide bonds. The van der Waals surface area contributed by atoms with Gasteiger partial charge in [-0.05, 0) is 51.4 Å². The van der Waals surface area contributed by atoms with Crippen LogP contribution in [0.5, 0.6) is 0 Å². The third kappa shape index (κ3) is 2.83. The number of nitrogens with two attached hydrogens (primary N) is 1. The van der Waals surface area contributed by atoms with Crippen LogP contribution in [-0.4, -0.2) is 33.6 Å². The van der Waals surface area contributed by atoms with Crippen LogP contribution < -0.4 is 5.73 Å². The Morgan fingerprint density at radius 3 is 2.67 bits per heavy atom. The van der Waals surface area contributed by atoms with E-state index < -0.39 is 0 Å². The molecule has 1 aliphatic heterocycles. The van der Waals surface area contributed by atoms with E-state index in [0.717, 1.165) is 18.5 Å². The van der Waals surface area contributed by atoms with Crippen molar-refractivity contribution in [3.8, 4) is 0 Å². The molecule has 0 aliphatic carbocycles. The van der Waals surface area contributed by atoms with E-state index in [1.54, 1.807) is 0 Å². The van der Waals surface area contributed by atoms with Crippen LogP contribution in [0.15, 0.2) is 24.3 Å². The first kappa shape index (κ1) is 14.5. The van der Waals surface area contributed by atoms with Gasteiger partial charge in [-0.3, -0.25) is 4.90 Å². The minimum Gasteiger partial charge on any atom is -0.326 e. The van der Waals surface area contributed by atoms with E-state index in [1.165, 1.54) is 37.3 Å². The van der Waals surface area contributed by atoms with Gasteiger partial charge in [-0.25, -0.2) is 4.98 Å². The molecule has 1 fully saturated rings. The molecule has 4 nitrogen and oxygen atoms in total. The molecule has 0 radical (unpaired) electrons. The normalized spacial score (nSPS) is 19.2. The second-order valence-corrected chi connectivity index (χ2v) is 6.16. The zero-order chi connectivity index (χ0) is 14.8. The van der Waals surface area contributed by atoms with Crippen LogP contribution in [0.25, 0.3) is 11.0 Å². The maximum absolute atomic E-state index is 6.22. The summed E-state index contributed by atoms with van der Waals surface area (Å²) in [6.07, 6.45) is 3.60. The number of hydrogen-bond acceptors (Lipinski definition) is 3. The van der Waals surface area contributed by atoms with Crippen molar-refractivity contribution >= 4 is 11.0 Å². The van der Waals surface area contributed by atoms with Crippen LogP contribution in [-0.2, 0) is 6.54 Å². The Morgan fingerprint density at radius 2 is 1.95 bits per heavy atom. The predicted octanol–water partition coefficient (Wildman–Crippen LogP) is 2.93. The maximum atomic E-state index is 6.22. The Bertz CT molecular complexity index is 598. The van der Waals surface area contributed by atoms with Gasteiger partial charge in [0.05, 0.1) is 17.1 Å². The minimum absolute atomic E-state index is 0.187. The van der Waals surface area contributed by atoms with E-state index in [-0.39, 0.29) is 6.04 Å². The lowest BCUT2D eigenvalue weighted by atomic mass is 10.2. The summed E-state index contributed by atoms with van der Waals surface area (Å²) in [6, 6.07) is 8.96. The van der Waals surface area contributed by atoms with Gasteiger partial charge in [-0.15, -0.1) is 0 Å². The van der Waals surface area contributed by atoms with Crippen LogP contribution >= 0.6 is 0 Å². The van der Waals surface area contributed by atoms with Crippen molar-refractivity contribution in [3.05, 3.63) is 30.1 Å². The minimum atomic E-state index is 0.187. The van der Waals surface area contributed by atoms with Crippen LogP contribution in [0.2, 0.25) is 0 Å². The summed E-state index contributed by atoms with van der Waals surface area (Å²) in [6.45, 7) is 7.65. The molecule has 1 aromatic carbocycles. The van der Waals surface area contributed by atoms with Gasteiger partial charge in [0.15, 0.2) is 0 Å². The van der Waals surface area contributed by atoms with Crippen LogP contribution in [0.4, 0.5) is 0 Å². The summed E-state index contributed by atoms with van der Waals surface area (Å²) in [5.41, 5.74) is 8.51. The predicted molar refractivity (Wildman–Crippen MR) is 87.2 cm³/mol. The third-order valence-electron chi connectivity index (χ3n) is 4.69. The number of fused-ring (bicyclic) bond motifs is 1. The number of hydrogen-bond donors (Lipinski definition) is 1. The molecular weight excluding hydrogens is 260 g/mol. The number of benzene rings is 1. The fourth-order valence-corrected chi connectivity index (χ4v) is 3.26. The van der Waals surface area contributed by atoms with E-state index in [1.807, 2.05) is 0 Å². The Labute approximate surface area is 126 Å². The van der Waals surface area contributed by atoms with E-state index in [9.17, 15) is 0 Å². The summed E-state index contributed by atoms with van der Waals surface area (Å²) in [5.74, 6) is 1.17. The van der Waals surface area contributed by atoms with Crippen molar-refractivity contribution in [2.45, 2.75) is 51.7 Å². The molecule has 1 aromatic heterocycles. The average Bonchev–Trinajstić information content (AvgIpc) is 3.15. The summed E-state index contributed by atoms with van der Waals surface area (Å²) in [7, 11) is 0. The van der Waals surface area contributed by atoms with Gasteiger partial charge in [0.25, 0.3) is 0 Å². The summed E-state index contributed by atoms with van der Waals surface area (Å²) < 4.78 is 2.34. The second kappa shape index (κ2) is 6.16. The quantitative estimate of drug-likeness (QED) is 0.919. The van der Waals surface area contributed by atoms with Gasteiger partial charge in [-0.2, -0.15) is 0 Å². The highest BCUT2D eigenvalue weighted by molar-refractivity contribution is 5.76. The molecule has 0 spiro atoms. The number of likely N-dealkylation sites (tertiary alicyclic amines) is 1. The lowest BCUT2D eigenvalue weighted by Gasteiger charge is -2.25. The molecule has 1 saturated heterocycles. The van der Waals surface area contributed by atoms with E-state index >= 15 is 0 Å². The molecule has 2 unspecified atom stereocenters. The fourth-order valence-electron chi connectivity index (χ4n) is 3.26. The van der Waals surface area contributed by atoms with Crippen molar-refractivity contribution in [2.75, 3.05) is 13.1 Å². The molecule has 21 heavy (non-hydrogen) atoms. The zero-order valence-electron chi connectivity index (χ0n) is 13.1. The van der Waals surface area contributed by atoms with Crippen molar-refractivity contribution in [1.82, 2.24) is 14.5 Å². The van der Waals surface area contributed by atoms with Gasteiger partial charge < -0.3 is 10.3 Å². The Balaban J connectivity index is 2.00.